The summed E-state index contributed by atoms with van der Waals surface area (Å²) in [6.45, 7) is 3.25. The van der Waals surface area contributed by atoms with E-state index in [2.05, 4.69) is 12.2 Å². The van der Waals surface area contributed by atoms with Crippen molar-refractivity contribution in [3.63, 3.8) is 0 Å². The van der Waals surface area contributed by atoms with Crippen molar-refractivity contribution >= 4 is 11.9 Å². The monoisotopic (exact) mass is 253 g/mol. The highest BCUT2D eigenvalue weighted by Crippen LogP contribution is 2.43. The minimum atomic E-state index is -0.386. The van der Waals surface area contributed by atoms with Crippen LogP contribution in [0.3, 0.4) is 0 Å². The molecular weight excluding hydrogens is 230 g/mol. The van der Waals surface area contributed by atoms with Gasteiger partial charge >= 0.3 is 6.03 Å². The maximum atomic E-state index is 12.0. The van der Waals surface area contributed by atoms with Crippen molar-refractivity contribution in [3.05, 3.63) is 0 Å². The number of amidine groups is 1. The topological polar surface area (TPSA) is 65.4 Å². The second-order valence-electron chi connectivity index (χ2n) is 5.22. The number of urea groups is 1. The summed E-state index contributed by atoms with van der Waals surface area (Å²) in [7, 11) is 1.64. The molecule has 1 saturated carbocycles. The Bertz CT molecular complexity index is 345. The molecule has 1 heterocycles. The molecule has 1 aliphatic carbocycles. The minimum Gasteiger partial charge on any atom is -0.383 e. The lowest BCUT2D eigenvalue weighted by Gasteiger charge is -2.45. The number of carbonyl (C=O) groups excluding carboxylic acids is 1. The Kier molecular flexibility index (Phi) is 3.90. The molecule has 2 unspecified atom stereocenters. The van der Waals surface area contributed by atoms with Crippen LogP contribution in [0.5, 0.6) is 0 Å². The highest BCUT2D eigenvalue weighted by atomic mass is 16.5. The SMILES string of the molecule is CCC1CCCCC12C(=N)NC(=O)N2CCOC. The van der Waals surface area contributed by atoms with E-state index in [1.165, 1.54) is 6.42 Å². The first-order valence-corrected chi connectivity index (χ1v) is 6.83. The summed E-state index contributed by atoms with van der Waals surface area (Å²) in [5.74, 6) is 0.796. The van der Waals surface area contributed by atoms with Crippen LogP contribution >= 0.6 is 0 Å². The fourth-order valence-electron chi connectivity index (χ4n) is 3.54. The third kappa shape index (κ3) is 1.90. The molecule has 1 aliphatic heterocycles. The normalized spacial score (nSPS) is 32.1. The summed E-state index contributed by atoms with van der Waals surface area (Å²) in [6.07, 6.45) is 5.34. The maximum Gasteiger partial charge on any atom is 0.323 e. The molecule has 2 aliphatic rings. The van der Waals surface area contributed by atoms with Crippen LogP contribution in [0.4, 0.5) is 4.79 Å². The van der Waals surface area contributed by atoms with Crippen LogP contribution in [0.15, 0.2) is 0 Å². The van der Waals surface area contributed by atoms with Crippen molar-refractivity contribution in [2.45, 2.75) is 44.6 Å². The van der Waals surface area contributed by atoms with Crippen LogP contribution in [-0.4, -0.2) is 42.6 Å². The van der Waals surface area contributed by atoms with E-state index in [1.54, 1.807) is 7.11 Å². The quantitative estimate of drug-likeness (QED) is 0.804. The molecule has 5 heteroatoms. The van der Waals surface area contributed by atoms with Gasteiger partial charge in [-0.1, -0.05) is 26.2 Å². The van der Waals surface area contributed by atoms with Gasteiger partial charge in [-0.05, 0) is 18.8 Å². The number of rotatable bonds is 4. The predicted octanol–water partition coefficient (Wildman–Crippen LogP) is 1.97. The Morgan fingerprint density at radius 3 is 3.00 bits per heavy atom. The Hall–Kier alpha value is -1.10. The zero-order valence-corrected chi connectivity index (χ0v) is 11.3. The predicted molar refractivity (Wildman–Crippen MR) is 69.8 cm³/mol. The van der Waals surface area contributed by atoms with Crippen LogP contribution in [0.1, 0.15) is 39.0 Å². The number of nitrogens with one attached hydrogen (secondary N) is 2. The molecule has 5 nitrogen and oxygen atoms in total. The highest BCUT2D eigenvalue weighted by molar-refractivity contribution is 6.08. The van der Waals surface area contributed by atoms with Gasteiger partial charge in [0, 0.05) is 13.7 Å². The van der Waals surface area contributed by atoms with Crippen molar-refractivity contribution in [2.75, 3.05) is 20.3 Å². The molecular formula is C13H23N3O2. The number of amides is 2. The average molecular weight is 253 g/mol. The van der Waals surface area contributed by atoms with Crippen LogP contribution in [0, 0.1) is 11.3 Å². The van der Waals surface area contributed by atoms with Crippen molar-refractivity contribution in [1.82, 2.24) is 10.2 Å². The number of ether oxygens (including phenoxy) is 1. The summed E-state index contributed by atoms with van der Waals surface area (Å²) < 4.78 is 5.10. The molecule has 2 N–H and O–H groups in total. The van der Waals surface area contributed by atoms with Gasteiger partial charge in [0.05, 0.1) is 6.61 Å². The van der Waals surface area contributed by atoms with Gasteiger partial charge in [0.1, 0.15) is 11.4 Å². The van der Waals surface area contributed by atoms with E-state index in [4.69, 9.17) is 10.1 Å². The first kappa shape index (κ1) is 13.3. The fourth-order valence-corrected chi connectivity index (χ4v) is 3.54. The Balaban J connectivity index is 2.29. The Labute approximate surface area is 108 Å². The van der Waals surface area contributed by atoms with E-state index in [1.807, 2.05) is 4.90 Å². The summed E-state index contributed by atoms with van der Waals surface area (Å²) in [5, 5.41) is 10.9. The first-order valence-electron chi connectivity index (χ1n) is 6.83. The molecule has 2 atom stereocenters. The van der Waals surface area contributed by atoms with Crippen molar-refractivity contribution in [2.24, 2.45) is 5.92 Å². The molecule has 0 radical (unpaired) electrons. The molecule has 0 aromatic heterocycles. The summed E-state index contributed by atoms with van der Waals surface area (Å²) in [6, 6.07) is -0.127. The fraction of sp³-hybridized carbons (Fsp3) is 0.846. The van der Waals surface area contributed by atoms with E-state index >= 15 is 0 Å². The minimum absolute atomic E-state index is 0.127. The average Bonchev–Trinajstić information content (AvgIpc) is 2.60. The lowest BCUT2D eigenvalue weighted by molar-refractivity contribution is 0.0707. The van der Waals surface area contributed by atoms with E-state index < -0.39 is 0 Å². The molecule has 0 aromatic rings. The molecule has 102 valence electrons. The van der Waals surface area contributed by atoms with Crippen LogP contribution in [-0.2, 0) is 4.74 Å². The lowest BCUT2D eigenvalue weighted by Crippen LogP contribution is -2.57. The molecule has 1 saturated heterocycles. The second kappa shape index (κ2) is 5.26. The Morgan fingerprint density at radius 1 is 1.56 bits per heavy atom. The number of carbonyl (C=O) groups is 1. The molecule has 0 aromatic carbocycles. The van der Waals surface area contributed by atoms with E-state index in [9.17, 15) is 4.79 Å². The van der Waals surface area contributed by atoms with Gasteiger partial charge in [-0.2, -0.15) is 0 Å². The van der Waals surface area contributed by atoms with Gasteiger partial charge in [-0.15, -0.1) is 0 Å². The standard InChI is InChI=1S/C13H23N3O2/c1-3-10-6-4-5-7-13(10)11(14)15-12(17)16(13)8-9-18-2/h10H,3-9H2,1-2H3,(H2,14,15,17). The van der Waals surface area contributed by atoms with E-state index in [0.717, 1.165) is 25.7 Å². The summed E-state index contributed by atoms with van der Waals surface area (Å²) in [5.41, 5.74) is -0.386. The maximum absolute atomic E-state index is 12.0. The third-order valence-corrected chi connectivity index (χ3v) is 4.44. The zero-order chi connectivity index (χ0) is 13.2. The molecule has 0 bridgehead atoms. The van der Waals surface area contributed by atoms with Gasteiger partial charge in [0.15, 0.2) is 0 Å². The smallest absolute Gasteiger partial charge is 0.323 e. The van der Waals surface area contributed by atoms with Gasteiger partial charge in [-0.25, -0.2) is 4.79 Å². The van der Waals surface area contributed by atoms with Crippen LogP contribution < -0.4 is 5.32 Å². The molecule has 1 spiro atoms. The van der Waals surface area contributed by atoms with Gasteiger partial charge < -0.3 is 9.64 Å². The van der Waals surface area contributed by atoms with Crippen LogP contribution in [0.25, 0.3) is 0 Å². The van der Waals surface area contributed by atoms with Crippen molar-refractivity contribution < 1.29 is 9.53 Å². The van der Waals surface area contributed by atoms with Crippen LogP contribution in [0.2, 0.25) is 0 Å². The van der Waals surface area contributed by atoms with Crippen molar-refractivity contribution in [1.29, 1.82) is 5.41 Å². The number of methoxy groups -OCH3 is 1. The zero-order valence-electron chi connectivity index (χ0n) is 11.3. The highest BCUT2D eigenvalue weighted by Gasteiger charge is 2.54. The van der Waals surface area contributed by atoms with Gasteiger partial charge in [-0.3, -0.25) is 10.7 Å². The number of nitrogens with zero attached hydrogens (tertiary/aromatic N) is 1. The molecule has 2 amide bonds. The second-order valence-corrected chi connectivity index (χ2v) is 5.22. The van der Waals surface area contributed by atoms with Gasteiger partial charge in [0.25, 0.3) is 0 Å². The number of hydrogen-bond donors (Lipinski definition) is 2. The lowest BCUT2D eigenvalue weighted by atomic mass is 9.70. The first-order chi connectivity index (χ1) is 8.66. The van der Waals surface area contributed by atoms with Gasteiger partial charge in [0.2, 0.25) is 0 Å². The largest absolute Gasteiger partial charge is 0.383 e. The van der Waals surface area contributed by atoms with E-state index in [-0.39, 0.29) is 11.6 Å². The molecule has 2 rings (SSSR count). The third-order valence-electron chi connectivity index (χ3n) is 4.44. The molecule has 18 heavy (non-hydrogen) atoms. The number of hydrogen-bond acceptors (Lipinski definition) is 3. The summed E-state index contributed by atoms with van der Waals surface area (Å²) >= 11 is 0. The Morgan fingerprint density at radius 2 is 2.33 bits per heavy atom. The molecule has 2 fully saturated rings. The van der Waals surface area contributed by atoms with E-state index in [0.29, 0.717) is 24.9 Å². The van der Waals surface area contributed by atoms with Crippen molar-refractivity contribution in [3.8, 4) is 0 Å². The summed E-state index contributed by atoms with van der Waals surface area (Å²) in [4.78, 5) is 13.9.